The van der Waals surface area contributed by atoms with E-state index in [4.69, 9.17) is 10.00 Å². The van der Waals surface area contributed by atoms with Crippen LogP contribution in [0.25, 0.3) is 0 Å². The summed E-state index contributed by atoms with van der Waals surface area (Å²) in [4.78, 5) is 11.8. The van der Waals surface area contributed by atoms with Gasteiger partial charge in [0.1, 0.15) is 0 Å². The van der Waals surface area contributed by atoms with E-state index in [0.29, 0.717) is 12.2 Å². The Labute approximate surface area is 130 Å². The molecule has 4 nitrogen and oxygen atoms in total. The normalized spacial score (nSPS) is 11.3. The third kappa shape index (κ3) is 4.35. The van der Waals surface area contributed by atoms with Gasteiger partial charge in [-0.1, -0.05) is 30.3 Å². The third-order valence-electron chi connectivity index (χ3n) is 3.23. The standard InChI is InChI=1S/C18H18N2O2/c1-2-22-18(21)12-17(20-16-6-4-3-5-7-16)15-10-8-14(13-19)9-11-15/h3-11,17,20H,2,12H2,1H3. The van der Waals surface area contributed by atoms with Gasteiger partial charge in [0, 0.05) is 5.69 Å². The molecule has 0 fully saturated rings. The molecule has 0 saturated carbocycles. The van der Waals surface area contributed by atoms with Crippen molar-refractivity contribution in [3.63, 3.8) is 0 Å². The van der Waals surface area contributed by atoms with Gasteiger partial charge in [0.25, 0.3) is 0 Å². The zero-order valence-electron chi connectivity index (χ0n) is 12.5. The summed E-state index contributed by atoms with van der Waals surface area (Å²) in [5, 5.41) is 12.2. The summed E-state index contributed by atoms with van der Waals surface area (Å²) in [6.45, 7) is 2.16. The summed E-state index contributed by atoms with van der Waals surface area (Å²) in [5.41, 5.74) is 2.47. The number of nitrogens with zero attached hydrogens (tertiary/aromatic N) is 1. The monoisotopic (exact) mass is 294 g/mol. The summed E-state index contributed by atoms with van der Waals surface area (Å²) >= 11 is 0. The molecule has 2 aromatic carbocycles. The fourth-order valence-corrected chi connectivity index (χ4v) is 2.16. The SMILES string of the molecule is CCOC(=O)CC(Nc1ccccc1)c1ccc(C#N)cc1. The highest BCUT2D eigenvalue weighted by Gasteiger charge is 2.17. The van der Waals surface area contributed by atoms with Gasteiger partial charge in [0.05, 0.1) is 30.7 Å². The van der Waals surface area contributed by atoms with Gasteiger partial charge in [0.15, 0.2) is 0 Å². The Hall–Kier alpha value is -2.80. The number of anilines is 1. The van der Waals surface area contributed by atoms with Gasteiger partial charge >= 0.3 is 5.97 Å². The topological polar surface area (TPSA) is 62.1 Å². The summed E-state index contributed by atoms with van der Waals surface area (Å²) in [6, 6.07) is 18.8. The Morgan fingerprint density at radius 3 is 2.45 bits per heavy atom. The van der Waals surface area contributed by atoms with Crippen LogP contribution in [-0.2, 0) is 9.53 Å². The van der Waals surface area contributed by atoms with Gasteiger partial charge in [-0.2, -0.15) is 5.26 Å². The van der Waals surface area contributed by atoms with Crippen molar-refractivity contribution >= 4 is 11.7 Å². The third-order valence-corrected chi connectivity index (χ3v) is 3.23. The average Bonchev–Trinajstić information content (AvgIpc) is 2.55. The molecule has 0 bridgehead atoms. The van der Waals surface area contributed by atoms with Crippen molar-refractivity contribution in [2.75, 3.05) is 11.9 Å². The number of ether oxygens (including phenoxy) is 1. The van der Waals surface area contributed by atoms with E-state index in [1.807, 2.05) is 42.5 Å². The minimum absolute atomic E-state index is 0.200. The molecule has 0 radical (unpaired) electrons. The molecule has 112 valence electrons. The van der Waals surface area contributed by atoms with Crippen LogP contribution in [0.2, 0.25) is 0 Å². The maximum atomic E-state index is 11.8. The van der Waals surface area contributed by atoms with Gasteiger partial charge < -0.3 is 10.1 Å². The van der Waals surface area contributed by atoms with Crippen LogP contribution in [0.1, 0.15) is 30.5 Å². The minimum atomic E-state index is -0.250. The highest BCUT2D eigenvalue weighted by atomic mass is 16.5. The quantitative estimate of drug-likeness (QED) is 0.826. The van der Waals surface area contributed by atoms with Crippen molar-refractivity contribution in [2.45, 2.75) is 19.4 Å². The van der Waals surface area contributed by atoms with Gasteiger partial charge in [-0.05, 0) is 36.8 Å². The molecule has 0 amide bonds. The van der Waals surface area contributed by atoms with Crippen LogP contribution in [0, 0.1) is 11.3 Å². The van der Waals surface area contributed by atoms with Crippen molar-refractivity contribution in [3.8, 4) is 6.07 Å². The maximum absolute atomic E-state index is 11.8. The number of nitriles is 1. The van der Waals surface area contributed by atoms with Gasteiger partial charge in [-0.3, -0.25) is 4.79 Å². The lowest BCUT2D eigenvalue weighted by atomic mass is 10.0. The Balaban J connectivity index is 2.20. The van der Waals surface area contributed by atoms with Crippen LogP contribution in [0.4, 0.5) is 5.69 Å². The van der Waals surface area contributed by atoms with E-state index in [9.17, 15) is 4.79 Å². The second-order valence-electron chi connectivity index (χ2n) is 4.81. The molecule has 1 unspecified atom stereocenters. The summed E-state index contributed by atoms with van der Waals surface area (Å²) in [6.07, 6.45) is 0.231. The van der Waals surface area contributed by atoms with Crippen molar-refractivity contribution in [2.24, 2.45) is 0 Å². The molecule has 22 heavy (non-hydrogen) atoms. The number of benzene rings is 2. The molecule has 0 aromatic heterocycles. The first-order valence-corrected chi connectivity index (χ1v) is 7.20. The smallest absolute Gasteiger partial charge is 0.308 e. The van der Waals surface area contributed by atoms with E-state index in [1.165, 1.54) is 0 Å². The number of para-hydroxylation sites is 1. The second kappa shape index (κ2) is 7.84. The number of hydrogen-bond donors (Lipinski definition) is 1. The van der Waals surface area contributed by atoms with Crippen molar-refractivity contribution in [1.82, 2.24) is 0 Å². The van der Waals surface area contributed by atoms with E-state index < -0.39 is 0 Å². The van der Waals surface area contributed by atoms with Crippen LogP contribution < -0.4 is 5.32 Å². The molecule has 0 aliphatic heterocycles. The van der Waals surface area contributed by atoms with Crippen molar-refractivity contribution in [3.05, 3.63) is 65.7 Å². The summed E-state index contributed by atoms with van der Waals surface area (Å²) < 4.78 is 5.05. The number of rotatable bonds is 6. The molecule has 0 heterocycles. The predicted octanol–water partition coefficient (Wildman–Crippen LogP) is 3.66. The maximum Gasteiger partial charge on any atom is 0.308 e. The van der Waals surface area contributed by atoms with Crippen molar-refractivity contribution in [1.29, 1.82) is 5.26 Å². The first kappa shape index (κ1) is 15.6. The molecule has 2 rings (SSSR count). The Bertz CT molecular complexity index is 645. The van der Waals surface area contributed by atoms with Gasteiger partial charge in [-0.25, -0.2) is 0 Å². The molecule has 1 N–H and O–H groups in total. The predicted molar refractivity (Wildman–Crippen MR) is 85.2 cm³/mol. The summed E-state index contributed by atoms with van der Waals surface area (Å²) in [5.74, 6) is -0.250. The zero-order chi connectivity index (χ0) is 15.8. The van der Waals surface area contributed by atoms with Crippen LogP contribution in [0.15, 0.2) is 54.6 Å². The molecule has 1 atom stereocenters. The zero-order valence-corrected chi connectivity index (χ0v) is 12.5. The number of hydrogen-bond acceptors (Lipinski definition) is 4. The van der Waals surface area contributed by atoms with E-state index in [0.717, 1.165) is 11.3 Å². The van der Waals surface area contributed by atoms with Crippen LogP contribution in [0.3, 0.4) is 0 Å². The molecule has 0 spiro atoms. The lowest BCUT2D eigenvalue weighted by Crippen LogP contribution is -2.17. The van der Waals surface area contributed by atoms with E-state index >= 15 is 0 Å². The van der Waals surface area contributed by atoms with E-state index in [1.54, 1.807) is 19.1 Å². The highest BCUT2D eigenvalue weighted by molar-refractivity contribution is 5.71. The molecule has 0 saturated heterocycles. The Kier molecular flexibility index (Phi) is 5.56. The fraction of sp³-hybridized carbons (Fsp3) is 0.222. The molecule has 4 heteroatoms. The minimum Gasteiger partial charge on any atom is -0.466 e. The number of carbonyl (C=O) groups is 1. The first-order valence-electron chi connectivity index (χ1n) is 7.20. The second-order valence-corrected chi connectivity index (χ2v) is 4.81. The van der Waals surface area contributed by atoms with Crippen LogP contribution in [0.5, 0.6) is 0 Å². The fourth-order valence-electron chi connectivity index (χ4n) is 2.16. The van der Waals surface area contributed by atoms with Crippen molar-refractivity contribution < 1.29 is 9.53 Å². The number of nitrogens with one attached hydrogen (secondary N) is 1. The molecule has 0 aliphatic carbocycles. The number of esters is 1. The molecule has 2 aromatic rings. The van der Waals surface area contributed by atoms with Gasteiger partial charge in [-0.15, -0.1) is 0 Å². The lowest BCUT2D eigenvalue weighted by Gasteiger charge is -2.19. The van der Waals surface area contributed by atoms with E-state index in [2.05, 4.69) is 11.4 Å². The first-order chi connectivity index (χ1) is 10.7. The van der Waals surface area contributed by atoms with E-state index in [-0.39, 0.29) is 18.4 Å². The Morgan fingerprint density at radius 2 is 1.86 bits per heavy atom. The van der Waals surface area contributed by atoms with Crippen LogP contribution in [-0.4, -0.2) is 12.6 Å². The lowest BCUT2D eigenvalue weighted by molar-refractivity contribution is -0.143. The summed E-state index contributed by atoms with van der Waals surface area (Å²) in [7, 11) is 0. The molecular weight excluding hydrogens is 276 g/mol. The molecule has 0 aliphatic rings. The van der Waals surface area contributed by atoms with Crippen LogP contribution >= 0.6 is 0 Å². The largest absolute Gasteiger partial charge is 0.466 e. The highest BCUT2D eigenvalue weighted by Crippen LogP contribution is 2.23. The Morgan fingerprint density at radius 1 is 1.18 bits per heavy atom. The molecular formula is C18H18N2O2. The number of carbonyl (C=O) groups excluding carboxylic acids is 1. The van der Waals surface area contributed by atoms with Gasteiger partial charge in [0.2, 0.25) is 0 Å². The average molecular weight is 294 g/mol.